The zero-order valence-electron chi connectivity index (χ0n) is 22.8. The third-order valence-electron chi connectivity index (χ3n) is 7.81. The molecule has 4 aliphatic carbocycles. The number of aryl methyl sites for hydroxylation is 1. The van der Waals surface area contributed by atoms with Crippen LogP contribution in [0.2, 0.25) is 0 Å². The first-order valence-corrected chi connectivity index (χ1v) is 14.4. The molecule has 2 N–H and O–H groups in total. The van der Waals surface area contributed by atoms with Crippen molar-refractivity contribution in [2.75, 3.05) is 20.3 Å². The number of methoxy groups -OCH3 is 1. The van der Waals surface area contributed by atoms with E-state index in [1.165, 1.54) is 37.7 Å². The molecule has 1 aromatic heterocycles. The van der Waals surface area contributed by atoms with Crippen molar-refractivity contribution in [3.05, 3.63) is 21.9 Å². The number of carbonyl (C=O) groups excluding carboxylic acids is 4. The molecule has 0 aliphatic heterocycles. The first kappa shape index (κ1) is 28.4. The molecule has 0 radical (unpaired) electrons. The summed E-state index contributed by atoms with van der Waals surface area (Å²) in [6.45, 7) is 5.45. The van der Waals surface area contributed by atoms with Crippen LogP contribution in [0.1, 0.15) is 80.3 Å². The van der Waals surface area contributed by atoms with Gasteiger partial charge >= 0.3 is 18.0 Å². The number of nitrogens with one attached hydrogen (secondary N) is 2. The quantitative estimate of drug-likeness (QED) is 0.332. The molecule has 4 aliphatic rings. The molecule has 4 saturated carbocycles. The Balaban J connectivity index is 1.31. The minimum Gasteiger partial charge on any atom is -0.469 e. The number of carbonyl (C=O) groups is 4. The summed E-state index contributed by atoms with van der Waals surface area (Å²) < 4.78 is 15.8. The SMILES string of the molecule is COC(=O)CCc1ccc(C(=O)NCC(NC(=O)OCC23CC4CC(CC(C4)C2)C3)C(=O)OC(C)(C)C)s1. The van der Waals surface area contributed by atoms with E-state index in [1.54, 1.807) is 32.9 Å². The van der Waals surface area contributed by atoms with E-state index >= 15 is 0 Å². The molecule has 0 spiro atoms. The Morgan fingerprint density at radius 3 is 2.26 bits per heavy atom. The summed E-state index contributed by atoms with van der Waals surface area (Å²) in [4.78, 5) is 51.1. The van der Waals surface area contributed by atoms with Gasteiger partial charge in [-0.2, -0.15) is 0 Å². The average Bonchev–Trinajstić information content (AvgIpc) is 3.31. The predicted molar refractivity (Wildman–Crippen MR) is 142 cm³/mol. The molecule has 10 heteroatoms. The molecule has 210 valence electrons. The third kappa shape index (κ3) is 7.48. The molecular formula is C28H40N2O7S. The Morgan fingerprint density at radius 2 is 1.68 bits per heavy atom. The Morgan fingerprint density at radius 1 is 1.05 bits per heavy atom. The maximum absolute atomic E-state index is 12.9. The zero-order chi connectivity index (χ0) is 27.5. The number of hydrogen-bond acceptors (Lipinski definition) is 8. The van der Waals surface area contributed by atoms with Crippen LogP contribution in [0.25, 0.3) is 0 Å². The Labute approximate surface area is 228 Å². The van der Waals surface area contributed by atoms with Crippen LogP contribution >= 0.6 is 11.3 Å². The molecule has 1 aromatic rings. The molecule has 2 amide bonds. The first-order valence-electron chi connectivity index (χ1n) is 13.5. The van der Waals surface area contributed by atoms with Gasteiger partial charge in [0.2, 0.25) is 0 Å². The van der Waals surface area contributed by atoms with Gasteiger partial charge in [0, 0.05) is 16.8 Å². The number of thiophene rings is 1. The summed E-state index contributed by atoms with van der Waals surface area (Å²) in [7, 11) is 1.34. The van der Waals surface area contributed by atoms with Crippen molar-refractivity contribution in [3.63, 3.8) is 0 Å². The molecule has 1 heterocycles. The van der Waals surface area contributed by atoms with Crippen molar-refractivity contribution in [2.45, 2.75) is 83.8 Å². The fraction of sp³-hybridized carbons (Fsp3) is 0.714. The second-order valence-electron chi connectivity index (χ2n) is 12.3. The van der Waals surface area contributed by atoms with Crippen molar-refractivity contribution < 1.29 is 33.4 Å². The Bertz CT molecular complexity index is 1010. The van der Waals surface area contributed by atoms with Gasteiger partial charge < -0.3 is 24.8 Å². The van der Waals surface area contributed by atoms with E-state index in [0.29, 0.717) is 17.9 Å². The Kier molecular flexibility index (Phi) is 8.69. The highest BCUT2D eigenvalue weighted by atomic mass is 32.1. The van der Waals surface area contributed by atoms with Gasteiger partial charge in [-0.15, -0.1) is 11.3 Å². The highest BCUT2D eigenvalue weighted by molar-refractivity contribution is 7.14. The van der Waals surface area contributed by atoms with Crippen molar-refractivity contribution in [1.82, 2.24) is 10.6 Å². The number of ether oxygens (including phenoxy) is 3. The lowest BCUT2D eigenvalue weighted by molar-refractivity contribution is -0.157. The van der Waals surface area contributed by atoms with Gasteiger partial charge in [-0.1, -0.05) is 0 Å². The van der Waals surface area contributed by atoms with Crippen LogP contribution in [0.15, 0.2) is 12.1 Å². The second-order valence-corrected chi connectivity index (χ2v) is 13.4. The number of esters is 2. The van der Waals surface area contributed by atoms with Crippen LogP contribution in [0, 0.1) is 23.2 Å². The van der Waals surface area contributed by atoms with Gasteiger partial charge in [0.15, 0.2) is 0 Å². The summed E-state index contributed by atoms with van der Waals surface area (Å²) in [5.74, 6) is 0.902. The van der Waals surface area contributed by atoms with Gasteiger partial charge in [-0.25, -0.2) is 9.59 Å². The normalized spacial score (nSPS) is 26.4. The van der Waals surface area contributed by atoms with Crippen molar-refractivity contribution in [2.24, 2.45) is 23.2 Å². The van der Waals surface area contributed by atoms with Crippen LogP contribution < -0.4 is 10.6 Å². The molecule has 38 heavy (non-hydrogen) atoms. The standard InChI is InChI=1S/C28H40N2O7S/c1-27(2,3)37-25(33)21(15-29-24(32)22-7-5-20(38-22)6-8-23(31)35-4)30-26(34)36-16-28-12-17-9-18(13-28)11-19(10-17)14-28/h5,7,17-19,21H,6,8-16H2,1-4H3,(H,29,32)(H,30,34). The van der Waals surface area contributed by atoms with Crippen LogP contribution in [0.4, 0.5) is 4.79 Å². The van der Waals surface area contributed by atoms with Crippen LogP contribution in [-0.2, 0) is 30.2 Å². The summed E-state index contributed by atoms with van der Waals surface area (Å²) in [5, 5.41) is 5.34. The van der Waals surface area contributed by atoms with E-state index in [-0.39, 0.29) is 30.3 Å². The highest BCUT2D eigenvalue weighted by Gasteiger charge is 2.51. The number of alkyl carbamates (subject to hydrolysis) is 1. The van der Waals surface area contributed by atoms with Crippen LogP contribution in [0.5, 0.6) is 0 Å². The molecule has 4 bridgehead atoms. The van der Waals surface area contributed by atoms with E-state index in [1.807, 2.05) is 0 Å². The molecule has 1 atom stereocenters. The topological polar surface area (TPSA) is 120 Å². The van der Waals surface area contributed by atoms with Gasteiger partial charge in [-0.05, 0) is 95.6 Å². The van der Waals surface area contributed by atoms with E-state index < -0.39 is 23.7 Å². The van der Waals surface area contributed by atoms with Crippen LogP contribution in [-0.4, -0.2) is 55.8 Å². The summed E-state index contributed by atoms with van der Waals surface area (Å²) in [6, 6.07) is 2.36. The Hall–Kier alpha value is -2.62. The molecule has 1 unspecified atom stereocenters. The predicted octanol–water partition coefficient (Wildman–Crippen LogP) is 4.24. The first-order chi connectivity index (χ1) is 17.9. The average molecular weight is 549 g/mol. The minimum atomic E-state index is -1.10. The van der Waals surface area contributed by atoms with Crippen molar-refractivity contribution >= 4 is 35.3 Å². The fourth-order valence-electron chi connectivity index (χ4n) is 6.68. The molecular weight excluding hydrogens is 508 g/mol. The summed E-state index contributed by atoms with van der Waals surface area (Å²) in [6.07, 6.45) is 7.29. The largest absolute Gasteiger partial charge is 0.469 e. The lowest BCUT2D eigenvalue weighted by atomic mass is 9.50. The maximum Gasteiger partial charge on any atom is 0.407 e. The summed E-state index contributed by atoms with van der Waals surface area (Å²) >= 11 is 1.26. The third-order valence-corrected chi connectivity index (χ3v) is 8.96. The van der Waals surface area contributed by atoms with Gasteiger partial charge in [0.05, 0.1) is 25.0 Å². The maximum atomic E-state index is 12.9. The van der Waals surface area contributed by atoms with Crippen LogP contribution in [0.3, 0.4) is 0 Å². The molecule has 0 saturated heterocycles. The van der Waals surface area contributed by atoms with Gasteiger partial charge in [-0.3, -0.25) is 9.59 Å². The monoisotopic (exact) mass is 548 g/mol. The van der Waals surface area contributed by atoms with E-state index in [4.69, 9.17) is 9.47 Å². The molecule has 9 nitrogen and oxygen atoms in total. The van der Waals surface area contributed by atoms with Crippen molar-refractivity contribution in [1.29, 1.82) is 0 Å². The molecule has 0 aromatic carbocycles. The van der Waals surface area contributed by atoms with Gasteiger partial charge in [0.25, 0.3) is 5.91 Å². The second kappa shape index (κ2) is 11.6. The van der Waals surface area contributed by atoms with E-state index in [2.05, 4.69) is 15.4 Å². The van der Waals surface area contributed by atoms with Gasteiger partial charge in [0.1, 0.15) is 11.6 Å². The number of amides is 2. The lowest BCUT2D eigenvalue weighted by Crippen LogP contribution is -2.52. The van der Waals surface area contributed by atoms with E-state index in [0.717, 1.165) is 41.9 Å². The molecule has 4 fully saturated rings. The van der Waals surface area contributed by atoms with E-state index in [9.17, 15) is 19.2 Å². The number of hydrogen-bond donors (Lipinski definition) is 2. The summed E-state index contributed by atoms with van der Waals surface area (Å²) in [5.41, 5.74) is -0.696. The highest BCUT2D eigenvalue weighted by Crippen LogP contribution is 2.60. The minimum absolute atomic E-state index is 0.0620. The lowest BCUT2D eigenvalue weighted by Gasteiger charge is -2.56. The number of rotatable bonds is 10. The molecule has 5 rings (SSSR count). The van der Waals surface area contributed by atoms with Crippen molar-refractivity contribution in [3.8, 4) is 0 Å². The smallest absolute Gasteiger partial charge is 0.407 e. The fourth-order valence-corrected chi connectivity index (χ4v) is 7.60. The zero-order valence-corrected chi connectivity index (χ0v) is 23.6.